The lowest BCUT2D eigenvalue weighted by molar-refractivity contribution is 0.0585. The number of nitrogens with two attached hydrogens (primary N) is 1. The highest BCUT2D eigenvalue weighted by Gasteiger charge is 2.29. The van der Waals surface area contributed by atoms with Crippen LogP contribution in [-0.2, 0) is 0 Å². The number of hydrogen-bond donors (Lipinski definition) is 1. The molecule has 2 aliphatic rings. The van der Waals surface area contributed by atoms with E-state index in [1.807, 2.05) is 17.2 Å². The van der Waals surface area contributed by atoms with E-state index >= 15 is 0 Å². The maximum absolute atomic E-state index is 12.6. The summed E-state index contributed by atoms with van der Waals surface area (Å²) < 4.78 is 0. The number of amides is 1. The van der Waals surface area contributed by atoms with E-state index in [9.17, 15) is 4.79 Å². The van der Waals surface area contributed by atoms with Crippen LogP contribution in [-0.4, -0.2) is 52.9 Å². The molecule has 1 atom stereocenters. The molecule has 2 N–H and O–H groups in total. The van der Waals surface area contributed by atoms with Crippen molar-refractivity contribution in [3.8, 4) is 0 Å². The lowest BCUT2D eigenvalue weighted by Gasteiger charge is -2.40. The Labute approximate surface area is 142 Å². The molecule has 1 unspecified atom stereocenters. The lowest BCUT2D eigenvalue weighted by atomic mass is 10.00. The van der Waals surface area contributed by atoms with Crippen molar-refractivity contribution < 1.29 is 4.79 Å². The minimum Gasteiger partial charge on any atom is -0.337 e. The Balaban J connectivity index is 1.54. The van der Waals surface area contributed by atoms with Gasteiger partial charge in [0.2, 0.25) is 0 Å². The Kier molecular flexibility index (Phi) is 5.67. The van der Waals surface area contributed by atoms with E-state index < -0.39 is 0 Å². The van der Waals surface area contributed by atoms with Gasteiger partial charge in [-0.3, -0.25) is 4.79 Å². The Morgan fingerprint density at radius 2 is 2.00 bits per heavy atom. The summed E-state index contributed by atoms with van der Waals surface area (Å²) in [5.74, 6) is 0.0768. The summed E-state index contributed by atoms with van der Waals surface area (Å²) in [4.78, 5) is 21.7. The Hall–Kier alpha value is -0.980. The topological polar surface area (TPSA) is 62.5 Å². The summed E-state index contributed by atoms with van der Waals surface area (Å²) in [7, 11) is 0. The van der Waals surface area contributed by atoms with Crippen LogP contribution in [0.25, 0.3) is 0 Å². The first-order valence-corrected chi connectivity index (χ1v) is 9.81. The van der Waals surface area contributed by atoms with Gasteiger partial charge in [0.25, 0.3) is 5.91 Å². The Morgan fingerprint density at radius 3 is 2.65 bits per heavy atom. The van der Waals surface area contributed by atoms with Gasteiger partial charge in [0.05, 0.1) is 6.04 Å². The van der Waals surface area contributed by atoms with Crippen molar-refractivity contribution in [1.29, 1.82) is 0 Å². The fourth-order valence-electron chi connectivity index (χ4n) is 3.61. The molecular weight excluding hydrogens is 308 g/mol. The van der Waals surface area contributed by atoms with Crippen LogP contribution in [0.15, 0.2) is 5.38 Å². The molecule has 0 bridgehead atoms. The fraction of sp³-hybridized carbons (Fsp3) is 0.765. The van der Waals surface area contributed by atoms with Crippen LogP contribution >= 0.6 is 11.3 Å². The first-order chi connectivity index (χ1) is 11.2. The van der Waals surface area contributed by atoms with Gasteiger partial charge in [0, 0.05) is 24.5 Å². The number of likely N-dealkylation sites (tertiary alicyclic amines) is 2. The number of rotatable bonds is 4. The highest BCUT2D eigenvalue weighted by molar-refractivity contribution is 7.09. The standard InChI is InChI=1S/C17H28N4OS/c1-2-14(18)16-19-15(12-23-16)17(22)21-10-6-13(7-11-21)20-8-4-3-5-9-20/h12-14H,2-11,18H2,1H3. The van der Waals surface area contributed by atoms with E-state index in [-0.39, 0.29) is 11.9 Å². The highest BCUT2D eigenvalue weighted by Crippen LogP contribution is 2.23. The molecule has 2 aliphatic heterocycles. The van der Waals surface area contributed by atoms with E-state index in [4.69, 9.17) is 5.73 Å². The van der Waals surface area contributed by atoms with Gasteiger partial charge in [-0.2, -0.15) is 0 Å². The normalized spacial score (nSPS) is 22.3. The van der Waals surface area contributed by atoms with Crippen molar-refractivity contribution >= 4 is 17.2 Å². The number of nitrogens with zero attached hydrogens (tertiary/aromatic N) is 3. The summed E-state index contributed by atoms with van der Waals surface area (Å²) in [5, 5.41) is 2.74. The SMILES string of the molecule is CCC(N)c1nc(C(=O)N2CCC(N3CCCCC3)CC2)cs1. The van der Waals surface area contributed by atoms with Crippen molar-refractivity contribution in [2.45, 2.75) is 57.5 Å². The van der Waals surface area contributed by atoms with Crippen LogP contribution in [0.3, 0.4) is 0 Å². The molecule has 0 radical (unpaired) electrons. The van der Waals surface area contributed by atoms with E-state index in [0.717, 1.165) is 37.4 Å². The molecule has 5 nitrogen and oxygen atoms in total. The van der Waals surface area contributed by atoms with Gasteiger partial charge in [-0.05, 0) is 45.2 Å². The van der Waals surface area contributed by atoms with Crippen molar-refractivity contribution in [3.63, 3.8) is 0 Å². The second-order valence-electron chi connectivity index (χ2n) is 6.71. The monoisotopic (exact) mass is 336 g/mol. The summed E-state index contributed by atoms with van der Waals surface area (Å²) in [5.41, 5.74) is 6.58. The van der Waals surface area contributed by atoms with E-state index in [0.29, 0.717) is 11.7 Å². The lowest BCUT2D eigenvalue weighted by Crippen LogP contribution is -2.48. The third-order valence-corrected chi connectivity index (χ3v) is 6.13. The Bertz CT molecular complexity index is 518. The third kappa shape index (κ3) is 3.92. The minimum atomic E-state index is -0.0496. The largest absolute Gasteiger partial charge is 0.337 e. The molecule has 3 heterocycles. The number of piperidine rings is 2. The van der Waals surface area contributed by atoms with Crippen LogP contribution in [0.1, 0.15) is 67.0 Å². The van der Waals surface area contributed by atoms with Gasteiger partial charge in [0.15, 0.2) is 0 Å². The summed E-state index contributed by atoms with van der Waals surface area (Å²) in [6.45, 7) is 6.23. The van der Waals surface area contributed by atoms with Gasteiger partial charge in [0.1, 0.15) is 10.7 Å². The molecular formula is C17H28N4OS. The molecule has 3 rings (SSSR count). The van der Waals surface area contributed by atoms with E-state index in [2.05, 4.69) is 9.88 Å². The molecule has 2 saturated heterocycles. The van der Waals surface area contributed by atoms with Gasteiger partial charge in [-0.1, -0.05) is 13.3 Å². The van der Waals surface area contributed by atoms with Crippen molar-refractivity contribution in [1.82, 2.24) is 14.8 Å². The van der Waals surface area contributed by atoms with Gasteiger partial charge >= 0.3 is 0 Å². The van der Waals surface area contributed by atoms with E-state index in [1.165, 1.54) is 43.7 Å². The third-order valence-electron chi connectivity index (χ3n) is 5.16. The zero-order valence-electron chi connectivity index (χ0n) is 14.0. The summed E-state index contributed by atoms with van der Waals surface area (Å²) in [6, 6.07) is 0.616. The van der Waals surface area contributed by atoms with Crippen LogP contribution in [0, 0.1) is 0 Å². The molecule has 1 aromatic heterocycles. The molecule has 0 spiro atoms. The fourth-order valence-corrected chi connectivity index (χ4v) is 4.49. The second-order valence-corrected chi connectivity index (χ2v) is 7.60. The maximum Gasteiger partial charge on any atom is 0.273 e. The first-order valence-electron chi connectivity index (χ1n) is 8.93. The predicted molar refractivity (Wildman–Crippen MR) is 93.7 cm³/mol. The quantitative estimate of drug-likeness (QED) is 0.918. The van der Waals surface area contributed by atoms with Gasteiger partial charge < -0.3 is 15.5 Å². The summed E-state index contributed by atoms with van der Waals surface area (Å²) >= 11 is 1.51. The molecule has 0 saturated carbocycles. The minimum absolute atomic E-state index is 0.0496. The predicted octanol–water partition coefficient (Wildman–Crippen LogP) is 2.64. The van der Waals surface area contributed by atoms with Crippen LogP contribution in [0.4, 0.5) is 0 Å². The molecule has 128 valence electrons. The zero-order chi connectivity index (χ0) is 16.2. The second kappa shape index (κ2) is 7.73. The van der Waals surface area contributed by atoms with Crippen LogP contribution in [0.2, 0.25) is 0 Å². The van der Waals surface area contributed by atoms with Crippen molar-refractivity contribution in [2.75, 3.05) is 26.2 Å². The first kappa shape index (κ1) is 16.9. The Morgan fingerprint density at radius 1 is 1.30 bits per heavy atom. The van der Waals surface area contributed by atoms with Gasteiger partial charge in [-0.25, -0.2) is 4.98 Å². The highest BCUT2D eigenvalue weighted by atomic mass is 32.1. The number of carbonyl (C=O) groups is 1. The van der Waals surface area contributed by atoms with Crippen LogP contribution < -0.4 is 5.73 Å². The number of thiazole rings is 1. The average molecular weight is 337 g/mol. The smallest absolute Gasteiger partial charge is 0.273 e. The van der Waals surface area contributed by atoms with Gasteiger partial charge in [-0.15, -0.1) is 11.3 Å². The van der Waals surface area contributed by atoms with E-state index in [1.54, 1.807) is 0 Å². The summed E-state index contributed by atoms with van der Waals surface area (Å²) in [6.07, 6.45) is 7.08. The number of carbonyl (C=O) groups excluding carboxylic acids is 1. The molecule has 23 heavy (non-hydrogen) atoms. The molecule has 2 fully saturated rings. The maximum atomic E-state index is 12.6. The molecule has 6 heteroatoms. The van der Waals surface area contributed by atoms with Crippen molar-refractivity contribution in [3.05, 3.63) is 16.1 Å². The van der Waals surface area contributed by atoms with Crippen LogP contribution in [0.5, 0.6) is 0 Å². The number of hydrogen-bond acceptors (Lipinski definition) is 5. The molecule has 0 aliphatic carbocycles. The molecule has 0 aromatic carbocycles. The zero-order valence-corrected chi connectivity index (χ0v) is 14.9. The molecule has 1 amide bonds. The number of aromatic nitrogens is 1. The molecule has 1 aromatic rings. The average Bonchev–Trinajstić information content (AvgIpc) is 3.11. The van der Waals surface area contributed by atoms with Crippen molar-refractivity contribution in [2.24, 2.45) is 5.73 Å².